The molecule has 0 unspecified atom stereocenters. The van der Waals surface area contributed by atoms with Gasteiger partial charge in [0.1, 0.15) is 0 Å². The van der Waals surface area contributed by atoms with Crippen molar-refractivity contribution in [3.8, 4) is 11.5 Å². The molecule has 1 heterocycles. The van der Waals surface area contributed by atoms with Crippen LogP contribution in [0, 0.1) is 0 Å². The van der Waals surface area contributed by atoms with Gasteiger partial charge in [-0.2, -0.15) is 0 Å². The first-order valence-corrected chi connectivity index (χ1v) is 8.15. The van der Waals surface area contributed by atoms with E-state index in [0.29, 0.717) is 17.1 Å². The van der Waals surface area contributed by atoms with Crippen LogP contribution < -0.4 is 9.47 Å². The molecule has 0 amide bonds. The summed E-state index contributed by atoms with van der Waals surface area (Å²) in [5.41, 5.74) is 3.31. The molecule has 0 aromatic heterocycles. The number of aliphatic hydroxyl groups is 1. The number of fused-ring (bicyclic) bond motifs is 1. The van der Waals surface area contributed by atoms with Crippen molar-refractivity contribution in [2.24, 2.45) is 0 Å². The van der Waals surface area contributed by atoms with Gasteiger partial charge in [-0.05, 0) is 23.3 Å². The molecule has 3 heteroatoms. The van der Waals surface area contributed by atoms with Crippen LogP contribution >= 0.6 is 0 Å². The molecular weight excluding hydrogens is 312 g/mol. The molecule has 4 rings (SSSR count). The fourth-order valence-corrected chi connectivity index (χ4v) is 3.03. The maximum Gasteiger partial charge on any atom is 0.305 e. The predicted octanol–water partition coefficient (Wildman–Crippen LogP) is 4.36. The summed E-state index contributed by atoms with van der Waals surface area (Å²) in [6, 6.07) is 25.4. The zero-order valence-electron chi connectivity index (χ0n) is 13.7. The zero-order valence-corrected chi connectivity index (χ0v) is 13.7. The van der Waals surface area contributed by atoms with Crippen LogP contribution in [-0.4, -0.2) is 11.7 Å². The van der Waals surface area contributed by atoms with Gasteiger partial charge in [0.25, 0.3) is 0 Å². The molecule has 1 aliphatic rings. The van der Waals surface area contributed by atoms with Gasteiger partial charge in [0.2, 0.25) is 0 Å². The van der Waals surface area contributed by atoms with E-state index in [0.717, 1.165) is 16.7 Å². The molecule has 0 bridgehead atoms. The molecule has 0 radical (unpaired) electrons. The van der Waals surface area contributed by atoms with E-state index < -0.39 is 5.79 Å². The number of aliphatic hydroxyl groups excluding tert-OH is 1. The first kappa shape index (κ1) is 15.5. The second-order valence-electron chi connectivity index (χ2n) is 5.98. The van der Waals surface area contributed by atoms with Crippen molar-refractivity contribution >= 4 is 5.57 Å². The van der Waals surface area contributed by atoms with Gasteiger partial charge >= 0.3 is 5.79 Å². The first-order chi connectivity index (χ1) is 12.2. The van der Waals surface area contributed by atoms with Gasteiger partial charge < -0.3 is 14.6 Å². The van der Waals surface area contributed by atoms with Crippen LogP contribution in [-0.2, 0) is 5.79 Å². The van der Waals surface area contributed by atoms with Gasteiger partial charge in [0.15, 0.2) is 11.5 Å². The summed E-state index contributed by atoms with van der Waals surface area (Å²) in [6.45, 7) is 3.78. The van der Waals surface area contributed by atoms with E-state index in [1.54, 1.807) is 0 Å². The van der Waals surface area contributed by atoms with Gasteiger partial charge in [-0.3, -0.25) is 0 Å². The normalized spacial score (nSPS) is 14.3. The Bertz CT molecular complexity index is 862. The van der Waals surface area contributed by atoms with Crippen LogP contribution in [0.25, 0.3) is 5.57 Å². The highest BCUT2D eigenvalue weighted by molar-refractivity contribution is 5.67. The third-order valence-corrected chi connectivity index (χ3v) is 4.36. The standard InChI is InChI=1S/C22H18O3/c1-16(15-23)17-12-13-20-21(14-17)25-22(24-20,18-8-4-2-5-9-18)19-10-6-3-7-11-19/h2-14,23H,1,15H2. The second kappa shape index (κ2) is 6.11. The van der Waals surface area contributed by atoms with E-state index >= 15 is 0 Å². The Morgan fingerprint density at radius 2 is 1.36 bits per heavy atom. The quantitative estimate of drug-likeness (QED) is 0.772. The lowest BCUT2D eigenvalue weighted by Crippen LogP contribution is -2.36. The minimum atomic E-state index is -1.02. The lowest BCUT2D eigenvalue weighted by atomic mass is 9.97. The Morgan fingerprint density at radius 1 is 0.800 bits per heavy atom. The minimum absolute atomic E-state index is 0.0951. The van der Waals surface area contributed by atoms with E-state index in [1.807, 2.05) is 78.9 Å². The van der Waals surface area contributed by atoms with Crippen LogP contribution in [0.3, 0.4) is 0 Å². The molecule has 0 saturated carbocycles. The highest BCUT2D eigenvalue weighted by Crippen LogP contribution is 2.48. The lowest BCUT2D eigenvalue weighted by Gasteiger charge is -2.28. The Labute approximate surface area is 146 Å². The molecule has 3 aromatic rings. The fourth-order valence-electron chi connectivity index (χ4n) is 3.03. The monoisotopic (exact) mass is 330 g/mol. The van der Waals surface area contributed by atoms with E-state index in [1.165, 1.54) is 0 Å². The van der Waals surface area contributed by atoms with Crippen molar-refractivity contribution in [2.75, 3.05) is 6.61 Å². The summed E-state index contributed by atoms with van der Waals surface area (Å²) in [5, 5.41) is 9.32. The molecule has 0 saturated heterocycles. The summed E-state index contributed by atoms with van der Waals surface area (Å²) in [5.74, 6) is 0.284. The molecular formula is C22H18O3. The Hall–Kier alpha value is -3.04. The number of benzene rings is 3. The maximum atomic E-state index is 9.32. The number of rotatable bonds is 4. The molecule has 1 aliphatic heterocycles. The molecule has 124 valence electrons. The van der Waals surface area contributed by atoms with Crippen molar-refractivity contribution in [3.05, 3.63) is 102 Å². The lowest BCUT2D eigenvalue weighted by molar-refractivity contribution is -0.0459. The van der Waals surface area contributed by atoms with Crippen molar-refractivity contribution in [1.29, 1.82) is 0 Å². The SMILES string of the molecule is C=C(CO)c1ccc2c(c1)OC(c1ccccc1)(c1ccccc1)O2. The van der Waals surface area contributed by atoms with Gasteiger partial charge in [-0.25, -0.2) is 0 Å². The number of ether oxygens (including phenoxy) is 2. The summed E-state index contributed by atoms with van der Waals surface area (Å²) >= 11 is 0. The number of hydrogen-bond acceptors (Lipinski definition) is 3. The fraction of sp³-hybridized carbons (Fsp3) is 0.0909. The summed E-state index contributed by atoms with van der Waals surface area (Å²) < 4.78 is 12.7. The summed E-state index contributed by atoms with van der Waals surface area (Å²) in [4.78, 5) is 0. The Kier molecular flexibility index (Phi) is 3.79. The molecule has 3 nitrogen and oxygen atoms in total. The third-order valence-electron chi connectivity index (χ3n) is 4.36. The van der Waals surface area contributed by atoms with E-state index in [4.69, 9.17) is 9.47 Å². The van der Waals surface area contributed by atoms with Gasteiger partial charge in [-0.15, -0.1) is 0 Å². The average Bonchev–Trinajstić information content (AvgIpc) is 3.08. The van der Waals surface area contributed by atoms with Gasteiger partial charge in [-0.1, -0.05) is 73.3 Å². The Morgan fingerprint density at radius 3 is 1.92 bits per heavy atom. The van der Waals surface area contributed by atoms with Crippen molar-refractivity contribution in [3.63, 3.8) is 0 Å². The summed E-state index contributed by atoms with van der Waals surface area (Å²) in [6.07, 6.45) is 0. The molecule has 25 heavy (non-hydrogen) atoms. The van der Waals surface area contributed by atoms with Crippen molar-refractivity contribution < 1.29 is 14.6 Å². The average molecular weight is 330 g/mol. The molecule has 0 spiro atoms. The summed E-state index contributed by atoms with van der Waals surface area (Å²) in [7, 11) is 0. The van der Waals surface area contributed by atoms with E-state index in [-0.39, 0.29) is 6.61 Å². The predicted molar refractivity (Wildman–Crippen MR) is 97.5 cm³/mol. The molecule has 0 aliphatic carbocycles. The maximum absolute atomic E-state index is 9.32. The zero-order chi connectivity index (χ0) is 17.3. The second-order valence-corrected chi connectivity index (χ2v) is 5.98. The molecule has 0 fully saturated rings. The third kappa shape index (κ3) is 2.59. The van der Waals surface area contributed by atoms with Crippen LogP contribution in [0.1, 0.15) is 16.7 Å². The van der Waals surface area contributed by atoms with Crippen molar-refractivity contribution in [2.45, 2.75) is 5.79 Å². The topological polar surface area (TPSA) is 38.7 Å². The van der Waals surface area contributed by atoms with Crippen LogP contribution in [0.5, 0.6) is 11.5 Å². The van der Waals surface area contributed by atoms with Gasteiger partial charge in [0.05, 0.1) is 6.61 Å². The van der Waals surface area contributed by atoms with E-state index in [2.05, 4.69) is 6.58 Å². The van der Waals surface area contributed by atoms with Crippen LogP contribution in [0.15, 0.2) is 85.4 Å². The van der Waals surface area contributed by atoms with E-state index in [9.17, 15) is 5.11 Å². The van der Waals surface area contributed by atoms with Crippen LogP contribution in [0.4, 0.5) is 0 Å². The molecule has 3 aromatic carbocycles. The highest BCUT2D eigenvalue weighted by atomic mass is 16.7. The first-order valence-electron chi connectivity index (χ1n) is 8.15. The largest absolute Gasteiger partial charge is 0.440 e. The van der Waals surface area contributed by atoms with Gasteiger partial charge in [0, 0.05) is 11.1 Å². The van der Waals surface area contributed by atoms with Crippen LogP contribution in [0.2, 0.25) is 0 Å². The smallest absolute Gasteiger partial charge is 0.305 e. The minimum Gasteiger partial charge on any atom is -0.440 e. The Balaban J connectivity index is 1.83. The number of hydrogen-bond donors (Lipinski definition) is 1. The molecule has 0 atom stereocenters. The van der Waals surface area contributed by atoms with Crippen molar-refractivity contribution in [1.82, 2.24) is 0 Å². The highest BCUT2D eigenvalue weighted by Gasteiger charge is 2.45. The molecule has 1 N–H and O–H groups in total.